The first-order valence-corrected chi connectivity index (χ1v) is 6.29. The van der Waals surface area contributed by atoms with E-state index in [1.54, 1.807) is 6.08 Å². The first kappa shape index (κ1) is 13.6. The van der Waals surface area contributed by atoms with Gasteiger partial charge in [-0.25, -0.2) is 8.78 Å². The molecule has 0 aromatic heterocycles. The molecule has 0 aliphatic heterocycles. The number of halogens is 3. The number of rotatable bonds is 3. The van der Waals surface area contributed by atoms with E-state index in [9.17, 15) is 13.6 Å². The van der Waals surface area contributed by atoms with Gasteiger partial charge in [-0.05, 0) is 35.9 Å². The average Bonchev–Trinajstić information content (AvgIpc) is 2.37. The molecule has 1 nitrogen and oxygen atoms in total. The molecule has 0 saturated heterocycles. The second kappa shape index (κ2) is 5.89. The van der Waals surface area contributed by atoms with Crippen LogP contribution in [0, 0.1) is 11.6 Å². The van der Waals surface area contributed by atoms with Crippen LogP contribution in [0.4, 0.5) is 8.78 Å². The molecule has 2 rings (SSSR count). The largest absolute Gasteiger partial charge is 0.289 e. The van der Waals surface area contributed by atoms with Crippen LogP contribution in [-0.4, -0.2) is 5.78 Å². The lowest BCUT2D eigenvalue weighted by Gasteiger charge is -1.99. The predicted molar refractivity (Wildman–Crippen MR) is 73.9 cm³/mol. The minimum Gasteiger partial charge on any atom is -0.289 e. The molecule has 96 valence electrons. The summed E-state index contributed by atoms with van der Waals surface area (Å²) >= 11 is 3.34. The van der Waals surface area contributed by atoms with Crippen LogP contribution in [0.25, 0.3) is 6.08 Å². The highest BCUT2D eigenvalue weighted by molar-refractivity contribution is 9.10. The summed E-state index contributed by atoms with van der Waals surface area (Å²) in [7, 11) is 0. The first-order valence-electron chi connectivity index (χ1n) is 5.50. The van der Waals surface area contributed by atoms with E-state index in [4.69, 9.17) is 0 Å². The Bertz CT molecular complexity index is 650. The van der Waals surface area contributed by atoms with Crippen molar-refractivity contribution in [1.29, 1.82) is 0 Å². The van der Waals surface area contributed by atoms with Gasteiger partial charge in [0.25, 0.3) is 0 Å². The third-order valence-corrected chi connectivity index (χ3v) is 3.24. The molecule has 0 bridgehead atoms. The molecule has 0 fully saturated rings. The maximum Gasteiger partial charge on any atom is 0.188 e. The van der Waals surface area contributed by atoms with Crippen LogP contribution in [0.2, 0.25) is 0 Å². The van der Waals surface area contributed by atoms with Crippen LogP contribution in [0.3, 0.4) is 0 Å². The molecule has 0 radical (unpaired) electrons. The molecule has 0 spiro atoms. The zero-order valence-electron chi connectivity index (χ0n) is 9.74. The van der Waals surface area contributed by atoms with Crippen molar-refractivity contribution in [3.8, 4) is 0 Å². The van der Waals surface area contributed by atoms with Crippen molar-refractivity contribution in [1.82, 2.24) is 0 Å². The van der Waals surface area contributed by atoms with Gasteiger partial charge in [-0.3, -0.25) is 4.79 Å². The van der Waals surface area contributed by atoms with E-state index < -0.39 is 17.4 Å². The van der Waals surface area contributed by atoms with E-state index in [1.807, 2.05) is 24.3 Å². The Morgan fingerprint density at radius 3 is 2.53 bits per heavy atom. The van der Waals surface area contributed by atoms with Crippen LogP contribution >= 0.6 is 15.9 Å². The number of benzene rings is 2. The minimum atomic E-state index is -0.859. The van der Waals surface area contributed by atoms with Gasteiger partial charge in [0.05, 0.1) is 5.56 Å². The zero-order chi connectivity index (χ0) is 13.8. The topological polar surface area (TPSA) is 17.1 Å². The van der Waals surface area contributed by atoms with Crippen molar-refractivity contribution >= 4 is 27.8 Å². The van der Waals surface area contributed by atoms with E-state index in [2.05, 4.69) is 15.9 Å². The van der Waals surface area contributed by atoms with Crippen molar-refractivity contribution in [3.05, 3.63) is 75.8 Å². The third-order valence-electron chi connectivity index (χ3n) is 2.52. The van der Waals surface area contributed by atoms with Gasteiger partial charge >= 0.3 is 0 Å². The molecule has 0 unspecified atom stereocenters. The lowest BCUT2D eigenvalue weighted by molar-refractivity contribution is 0.104. The van der Waals surface area contributed by atoms with Crippen molar-refractivity contribution in [2.75, 3.05) is 0 Å². The van der Waals surface area contributed by atoms with Crippen molar-refractivity contribution in [2.24, 2.45) is 0 Å². The molecule has 0 saturated carbocycles. The average molecular weight is 323 g/mol. The quantitative estimate of drug-likeness (QED) is 0.595. The van der Waals surface area contributed by atoms with Crippen LogP contribution in [0.5, 0.6) is 0 Å². The van der Waals surface area contributed by atoms with Gasteiger partial charge in [0.2, 0.25) is 0 Å². The van der Waals surface area contributed by atoms with Gasteiger partial charge in [-0.1, -0.05) is 34.1 Å². The SMILES string of the molecule is O=C(/C=C/c1ccccc1Br)c1ccc(F)cc1F. The Labute approximate surface area is 117 Å². The van der Waals surface area contributed by atoms with E-state index in [-0.39, 0.29) is 5.56 Å². The summed E-state index contributed by atoms with van der Waals surface area (Å²) in [5.74, 6) is -2.07. The Hall–Kier alpha value is -1.81. The summed E-state index contributed by atoms with van der Waals surface area (Å²) < 4.78 is 27.0. The predicted octanol–water partition coefficient (Wildman–Crippen LogP) is 4.62. The van der Waals surface area contributed by atoms with Gasteiger partial charge < -0.3 is 0 Å². The fourth-order valence-corrected chi connectivity index (χ4v) is 1.97. The summed E-state index contributed by atoms with van der Waals surface area (Å²) in [4.78, 5) is 11.8. The van der Waals surface area contributed by atoms with Gasteiger partial charge in [0.15, 0.2) is 5.78 Å². The number of hydrogen-bond donors (Lipinski definition) is 0. The van der Waals surface area contributed by atoms with Gasteiger partial charge in [-0.2, -0.15) is 0 Å². The van der Waals surface area contributed by atoms with E-state index >= 15 is 0 Å². The maximum absolute atomic E-state index is 13.4. The molecular formula is C15H9BrF2O. The smallest absolute Gasteiger partial charge is 0.188 e. The van der Waals surface area contributed by atoms with Crippen LogP contribution in [-0.2, 0) is 0 Å². The molecule has 0 aliphatic carbocycles. The highest BCUT2D eigenvalue weighted by Gasteiger charge is 2.09. The Morgan fingerprint density at radius 2 is 1.84 bits per heavy atom. The third kappa shape index (κ3) is 3.35. The van der Waals surface area contributed by atoms with E-state index in [0.29, 0.717) is 6.07 Å². The molecule has 0 aliphatic rings. The first-order chi connectivity index (χ1) is 9.08. The molecule has 0 amide bonds. The van der Waals surface area contributed by atoms with E-state index in [0.717, 1.165) is 22.2 Å². The number of carbonyl (C=O) groups excluding carboxylic acids is 1. The lowest BCUT2D eigenvalue weighted by Crippen LogP contribution is -1.99. The summed E-state index contributed by atoms with van der Waals surface area (Å²) in [5, 5.41) is 0. The van der Waals surface area contributed by atoms with Gasteiger partial charge in [-0.15, -0.1) is 0 Å². The number of ketones is 1. The number of allylic oxidation sites excluding steroid dienone is 1. The van der Waals surface area contributed by atoms with Crippen LogP contribution < -0.4 is 0 Å². The Morgan fingerprint density at radius 1 is 1.11 bits per heavy atom. The van der Waals surface area contributed by atoms with E-state index in [1.165, 1.54) is 6.08 Å². The monoisotopic (exact) mass is 322 g/mol. The summed E-state index contributed by atoms with van der Waals surface area (Å²) in [6.07, 6.45) is 2.84. The zero-order valence-corrected chi connectivity index (χ0v) is 11.3. The minimum absolute atomic E-state index is 0.148. The Kier molecular flexibility index (Phi) is 4.22. The van der Waals surface area contributed by atoms with Gasteiger partial charge in [0.1, 0.15) is 11.6 Å². The Balaban J connectivity index is 2.24. The normalized spacial score (nSPS) is 10.9. The molecule has 19 heavy (non-hydrogen) atoms. The molecule has 2 aromatic carbocycles. The number of carbonyl (C=O) groups is 1. The fourth-order valence-electron chi connectivity index (χ4n) is 1.55. The molecule has 4 heteroatoms. The molecule has 0 N–H and O–H groups in total. The second-order valence-corrected chi connectivity index (χ2v) is 4.70. The highest BCUT2D eigenvalue weighted by atomic mass is 79.9. The lowest BCUT2D eigenvalue weighted by atomic mass is 10.1. The summed E-state index contributed by atoms with van der Waals surface area (Å²) in [6.45, 7) is 0. The van der Waals surface area contributed by atoms with Crippen molar-refractivity contribution < 1.29 is 13.6 Å². The highest BCUT2D eigenvalue weighted by Crippen LogP contribution is 2.18. The van der Waals surface area contributed by atoms with Crippen LogP contribution in [0.1, 0.15) is 15.9 Å². The second-order valence-electron chi connectivity index (χ2n) is 3.84. The van der Waals surface area contributed by atoms with Crippen molar-refractivity contribution in [3.63, 3.8) is 0 Å². The summed E-state index contributed by atoms with van der Waals surface area (Å²) in [5.41, 5.74) is 0.656. The van der Waals surface area contributed by atoms with Gasteiger partial charge in [0, 0.05) is 10.5 Å². The molecule has 0 atom stereocenters. The summed E-state index contributed by atoms with van der Waals surface area (Å²) in [6, 6.07) is 10.2. The molecular weight excluding hydrogens is 314 g/mol. The maximum atomic E-state index is 13.4. The molecule has 2 aromatic rings. The molecule has 0 heterocycles. The van der Waals surface area contributed by atoms with Crippen molar-refractivity contribution in [2.45, 2.75) is 0 Å². The standard InChI is InChI=1S/C15H9BrF2O/c16-13-4-2-1-3-10(13)5-8-15(19)12-7-6-11(17)9-14(12)18/h1-9H/b8-5+. The van der Waals surface area contributed by atoms with Crippen LogP contribution in [0.15, 0.2) is 53.0 Å². The number of hydrogen-bond acceptors (Lipinski definition) is 1. The fraction of sp³-hybridized carbons (Fsp3) is 0.